The van der Waals surface area contributed by atoms with Crippen molar-refractivity contribution in [1.29, 1.82) is 0 Å². The molecular formula is C30H28Cl2F3N3O4. The Labute approximate surface area is 250 Å². The Morgan fingerprint density at radius 1 is 1.02 bits per heavy atom. The molecule has 0 spiro atoms. The maximum atomic E-state index is 13.1. The minimum atomic E-state index is -5.08. The van der Waals surface area contributed by atoms with E-state index in [-0.39, 0.29) is 11.9 Å². The number of ether oxygens (including phenoxy) is 1. The summed E-state index contributed by atoms with van der Waals surface area (Å²) in [6.07, 6.45) is -3.22. The lowest BCUT2D eigenvalue weighted by Gasteiger charge is -2.32. The number of H-pyrrole nitrogens is 1. The SMILES string of the molecule is COc1cc(-c2cc3cc(Cl)c(Cl)cc3[nH]2)ccc1C(=O)NC1CCN(Cc2ccccc2)CC1.O=C(O)C(F)(F)F. The summed E-state index contributed by atoms with van der Waals surface area (Å²) in [5.41, 5.74) is 4.56. The molecule has 42 heavy (non-hydrogen) atoms. The standard InChI is InChI=1S/C28H27Cl2N3O2.C2HF3O2/c1-35-27-15-19(25-14-20-13-23(29)24(30)16-26(20)32-25)7-8-22(27)28(34)31-21-9-11-33(12-10-21)17-18-5-3-2-4-6-18;3-2(4,5)1(6)7/h2-8,13-16,21,32H,9-12,17H2,1H3,(H,31,34);(H,6,7). The van der Waals surface area contributed by atoms with E-state index >= 15 is 0 Å². The van der Waals surface area contributed by atoms with Gasteiger partial charge in [0.05, 0.1) is 22.7 Å². The zero-order valence-electron chi connectivity index (χ0n) is 22.5. The van der Waals surface area contributed by atoms with Crippen LogP contribution in [0.2, 0.25) is 10.0 Å². The lowest BCUT2D eigenvalue weighted by molar-refractivity contribution is -0.192. The van der Waals surface area contributed by atoms with E-state index in [1.807, 2.05) is 42.5 Å². The molecule has 1 fully saturated rings. The first kappa shape index (κ1) is 31.2. The van der Waals surface area contributed by atoms with Gasteiger partial charge < -0.3 is 20.1 Å². The number of fused-ring (bicyclic) bond motifs is 1. The van der Waals surface area contributed by atoms with E-state index in [0.29, 0.717) is 21.4 Å². The molecule has 0 atom stereocenters. The Kier molecular flexibility index (Phi) is 10.0. The van der Waals surface area contributed by atoms with Crippen molar-refractivity contribution in [3.63, 3.8) is 0 Å². The summed E-state index contributed by atoms with van der Waals surface area (Å²) in [4.78, 5) is 27.8. The largest absolute Gasteiger partial charge is 0.496 e. The summed E-state index contributed by atoms with van der Waals surface area (Å²) in [7, 11) is 1.59. The van der Waals surface area contributed by atoms with E-state index in [4.69, 9.17) is 37.8 Å². The number of alkyl halides is 3. The number of halogens is 5. The smallest absolute Gasteiger partial charge is 0.490 e. The van der Waals surface area contributed by atoms with Gasteiger partial charge in [-0.2, -0.15) is 13.2 Å². The van der Waals surface area contributed by atoms with Crippen molar-refractivity contribution in [2.45, 2.75) is 31.6 Å². The number of hydrogen-bond acceptors (Lipinski definition) is 4. The van der Waals surface area contributed by atoms with E-state index in [0.717, 1.165) is 54.6 Å². The van der Waals surface area contributed by atoms with Crippen molar-refractivity contribution in [2.75, 3.05) is 20.2 Å². The molecule has 7 nitrogen and oxygen atoms in total. The van der Waals surface area contributed by atoms with Crippen LogP contribution in [0.3, 0.4) is 0 Å². The van der Waals surface area contributed by atoms with Crippen molar-refractivity contribution >= 4 is 46.0 Å². The second-order valence-corrected chi connectivity index (χ2v) is 10.6. The van der Waals surface area contributed by atoms with Crippen LogP contribution in [0.1, 0.15) is 28.8 Å². The van der Waals surface area contributed by atoms with E-state index in [1.165, 1.54) is 5.56 Å². The van der Waals surface area contributed by atoms with E-state index in [9.17, 15) is 18.0 Å². The van der Waals surface area contributed by atoms with E-state index in [2.05, 4.69) is 39.5 Å². The first-order valence-electron chi connectivity index (χ1n) is 13.0. The lowest BCUT2D eigenvalue weighted by atomic mass is 10.0. The molecule has 0 unspecified atom stereocenters. The lowest BCUT2D eigenvalue weighted by Crippen LogP contribution is -2.44. The zero-order chi connectivity index (χ0) is 30.4. The van der Waals surface area contributed by atoms with E-state index in [1.54, 1.807) is 7.11 Å². The zero-order valence-corrected chi connectivity index (χ0v) is 24.0. The number of aromatic nitrogens is 1. The average molecular weight is 622 g/mol. The van der Waals surface area contributed by atoms with Gasteiger partial charge in [-0.25, -0.2) is 4.79 Å². The van der Waals surface area contributed by atoms with Gasteiger partial charge in [-0.1, -0.05) is 59.6 Å². The van der Waals surface area contributed by atoms with Gasteiger partial charge in [0.1, 0.15) is 5.75 Å². The first-order chi connectivity index (χ1) is 19.9. The molecular weight excluding hydrogens is 594 g/mol. The van der Waals surface area contributed by atoms with Gasteiger partial charge in [0, 0.05) is 47.8 Å². The fourth-order valence-corrected chi connectivity index (χ4v) is 5.00. The van der Waals surface area contributed by atoms with Gasteiger partial charge in [0.2, 0.25) is 0 Å². The maximum Gasteiger partial charge on any atom is 0.490 e. The summed E-state index contributed by atoms with van der Waals surface area (Å²) in [6, 6.07) is 21.9. The molecule has 1 aliphatic heterocycles. The number of benzene rings is 3. The van der Waals surface area contributed by atoms with Gasteiger partial charge in [-0.15, -0.1) is 0 Å². The molecule has 0 aliphatic carbocycles. The number of nitrogens with one attached hydrogen (secondary N) is 2. The summed E-state index contributed by atoms with van der Waals surface area (Å²) >= 11 is 12.3. The minimum absolute atomic E-state index is 0.106. The van der Waals surface area contributed by atoms with Gasteiger partial charge in [0.25, 0.3) is 5.91 Å². The summed E-state index contributed by atoms with van der Waals surface area (Å²) in [5, 5.41) is 12.3. The van der Waals surface area contributed by atoms with E-state index < -0.39 is 12.1 Å². The molecule has 1 amide bonds. The Morgan fingerprint density at radius 2 is 1.67 bits per heavy atom. The van der Waals surface area contributed by atoms with Crippen LogP contribution in [0, 0.1) is 0 Å². The Hall–Kier alpha value is -3.73. The number of hydrogen-bond donors (Lipinski definition) is 3. The van der Waals surface area contributed by atoms with Crippen LogP contribution >= 0.6 is 23.2 Å². The molecule has 222 valence electrons. The van der Waals surface area contributed by atoms with Crippen LogP contribution in [0.15, 0.2) is 66.7 Å². The van der Waals surface area contributed by atoms with Crippen molar-refractivity contribution in [3.8, 4) is 17.0 Å². The monoisotopic (exact) mass is 621 g/mol. The molecule has 4 aromatic rings. The number of carboxylic acids is 1. The highest BCUT2D eigenvalue weighted by Crippen LogP contribution is 2.33. The minimum Gasteiger partial charge on any atom is -0.496 e. The normalized spacial score (nSPS) is 14.2. The number of nitrogens with zero attached hydrogens (tertiary/aromatic N) is 1. The third-order valence-electron chi connectivity index (χ3n) is 6.83. The first-order valence-corrected chi connectivity index (χ1v) is 13.7. The van der Waals surface area contributed by atoms with Crippen molar-refractivity contribution in [1.82, 2.24) is 15.2 Å². The molecule has 1 aromatic heterocycles. The highest BCUT2D eigenvalue weighted by atomic mass is 35.5. The third-order valence-corrected chi connectivity index (χ3v) is 7.56. The molecule has 0 saturated carbocycles. The topological polar surface area (TPSA) is 94.7 Å². The van der Waals surface area contributed by atoms with Gasteiger partial charge in [0.15, 0.2) is 0 Å². The predicted octanol–water partition coefficient (Wildman–Crippen LogP) is 7.18. The second-order valence-electron chi connectivity index (χ2n) is 9.76. The van der Waals surface area contributed by atoms with Gasteiger partial charge in [-0.3, -0.25) is 9.69 Å². The molecule has 3 N–H and O–H groups in total. The Morgan fingerprint density at radius 3 is 2.29 bits per heavy atom. The van der Waals surface area contributed by atoms with Gasteiger partial charge in [-0.05, 0) is 48.7 Å². The summed E-state index contributed by atoms with van der Waals surface area (Å²) in [5.74, 6) is -2.33. The van der Waals surface area contributed by atoms with Crippen LogP contribution in [0.25, 0.3) is 22.2 Å². The van der Waals surface area contributed by atoms with Crippen molar-refractivity contribution < 1.29 is 32.6 Å². The summed E-state index contributed by atoms with van der Waals surface area (Å²) < 4.78 is 37.3. The number of amides is 1. The van der Waals surface area contributed by atoms with Crippen LogP contribution in [-0.2, 0) is 11.3 Å². The number of rotatable bonds is 6. The molecule has 0 bridgehead atoms. The molecule has 5 rings (SSSR count). The molecule has 1 aliphatic rings. The highest BCUT2D eigenvalue weighted by Gasteiger charge is 2.38. The summed E-state index contributed by atoms with van der Waals surface area (Å²) in [6.45, 7) is 2.87. The van der Waals surface area contributed by atoms with Crippen LogP contribution < -0.4 is 10.1 Å². The highest BCUT2D eigenvalue weighted by molar-refractivity contribution is 6.42. The van der Waals surface area contributed by atoms with Crippen LogP contribution in [-0.4, -0.2) is 59.3 Å². The second kappa shape index (κ2) is 13.5. The number of aromatic amines is 1. The molecule has 3 aromatic carbocycles. The third kappa shape index (κ3) is 7.96. The number of carbonyl (C=O) groups excluding carboxylic acids is 1. The number of carbonyl (C=O) groups is 2. The number of aliphatic carboxylic acids is 1. The number of methoxy groups -OCH3 is 1. The fourth-order valence-electron chi connectivity index (χ4n) is 4.67. The Bertz CT molecular complexity index is 1510. The van der Waals surface area contributed by atoms with Gasteiger partial charge >= 0.3 is 12.1 Å². The quantitative estimate of drug-likeness (QED) is 0.212. The maximum absolute atomic E-state index is 13.1. The fraction of sp³-hybridized carbons (Fsp3) is 0.267. The van der Waals surface area contributed by atoms with Crippen LogP contribution in [0.5, 0.6) is 5.75 Å². The molecule has 1 saturated heterocycles. The Balaban J connectivity index is 0.000000517. The van der Waals surface area contributed by atoms with Crippen molar-refractivity contribution in [3.05, 3.63) is 87.9 Å². The predicted molar refractivity (Wildman–Crippen MR) is 156 cm³/mol. The molecule has 2 heterocycles. The van der Waals surface area contributed by atoms with Crippen LogP contribution in [0.4, 0.5) is 13.2 Å². The number of carboxylic acid groups (broad SMARTS) is 1. The number of piperidine rings is 1. The average Bonchev–Trinajstić information content (AvgIpc) is 3.37. The van der Waals surface area contributed by atoms with Crippen molar-refractivity contribution in [2.24, 2.45) is 0 Å². The molecule has 0 radical (unpaired) electrons. The number of likely N-dealkylation sites (tertiary alicyclic amines) is 1. The molecule has 12 heteroatoms.